The van der Waals surface area contributed by atoms with Crippen LogP contribution in [-0.4, -0.2) is 57.7 Å². The molecule has 0 N–H and O–H groups in total. The third kappa shape index (κ3) is 9.89. The van der Waals surface area contributed by atoms with E-state index >= 15 is 0 Å². The van der Waals surface area contributed by atoms with Crippen molar-refractivity contribution in [3.8, 4) is 11.4 Å². The SMILES string of the molecule is Cc1ccc(OC(=O)CCCCOC(=O)C(C)CC(C(=O)OC(C)C)C(C)C(=O)OC(C)C)c(-n2nc3ccccc3n2)c1. The Bertz CT molecular complexity index is 1410. The van der Waals surface area contributed by atoms with E-state index in [0.29, 0.717) is 24.3 Å². The molecular formula is C33H43N3O8. The van der Waals surface area contributed by atoms with Crippen LogP contribution in [0.1, 0.15) is 72.8 Å². The number of carbonyl (C=O) groups is 4. The van der Waals surface area contributed by atoms with Gasteiger partial charge in [-0.3, -0.25) is 19.2 Å². The maximum absolute atomic E-state index is 12.8. The normalized spacial score (nSPS) is 13.4. The second-order valence-electron chi connectivity index (χ2n) is 11.6. The van der Waals surface area contributed by atoms with Crippen molar-refractivity contribution < 1.29 is 38.1 Å². The number of ether oxygens (including phenoxy) is 4. The van der Waals surface area contributed by atoms with Crippen molar-refractivity contribution in [2.75, 3.05) is 6.61 Å². The molecule has 0 bridgehead atoms. The molecule has 3 unspecified atom stereocenters. The number of fused-ring (bicyclic) bond motifs is 1. The Morgan fingerprint density at radius 3 is 2.02 bits per heavy atom. The first-order valence-corrected chi connectivity index (χ1v) is 15.1. The summed E-state index contributed by atoms with van der Waals surface area (Å²) < 4.78 is 21.7. The standard InChI is InChI=1S/C33H43N3O8/c1-20(2)42-32(39)24(7)25(33(40)43-21(3)4)19-23(6)31(38)41-17-11-10-14-30(37)44-29-16-15-22(5)18-28(29)36-34-26-12-8-9-13-27(26)35-36/h8-9,12-13,15-16,18,20-21,23-25H,10-11,14,17,19H2,1-7H3. The zero-order valence-electron chi connectivity index (χ0n) is 26.6. The van der Waals surface area contributed by atoms with Crippen LogP contribution in [0.15, 0.2) is 42.5 Å². The molecule has 3 rings (SSSR count). The fourth-order valence-electron chi connectivity index (χ4n) is 4.50. The highest BCUT2D eigenvalue weighted by atomic mass is 16.6. The van der Waals surface area contributed by atoms with Crippen molar-refractivity contribution in [1.82, 2.24) is 15.0 Å². The van der Waals surface area contributed by atoms with Gasteiger partial charge in [0.2, 0.25) is 0 Å². The van der Waals surface area contributed by atoms with Gasteiger partial charge in [0.25, 0.3) is 0 Å². The van der Waals surface area contributed by atoms with Crippen LogP contribution in [0.2, 0.25) is 0 Å². The lowest BCUT2D eigenvalue weighted by molar-refractivity contribution is -0.166. The Balaban J connectivity index is 1.49. The Morgan fingerprint density at radius 1 is 0.795 bits per heavy atom. The average Bonchev–Trinajstić information content (AvgIpc) is 3.39. The Kier molecular flexibility index (Phi) is 12.4. The molecule has 11 nitrogen and oxygen atoms in total. The minimum absolute atomic E-state index is 0.0740. The largest absolute Gasteiger partial charge is 0.465 e. The molecular weight excluding hydrogens is 566 g/mol. The molecule has 0 saturated heterocycles. The Labute approximate surface area is 258 Å². The van der Waals surface area contributed by atoms with Gasteiger partial charge in [-0.2, -0.15) is 0 Å². The van der Waals surface area contributed by atoms with E-state index in [0.717, 1.165) is 16.6 Å². The van der Waals surface area contributed by atoms with Crippen LogP contribution in [-0.2, 0) is 33.4 Å². The number of esters is 4. The summed E-state index contributed by atoms with van der Waals surface area (Å²) in [6, 6.07) is 12.9. The highest BCUT2D eigenvalue weighted by Gasteiger charge is 2.36. The van der Waals surface area contributed by atoms with Gasteiger partial charge in [0.1, 0.15) is 16.7 Å². The molecule has 0 amide bonds. The van der Waals surface area contributed by atoms with E-state index in [9.17, 15) is 19.2 Å². The van der Waals surface area contributed by atoms with Gasteiger partial charge >= 0.3 is 23.9 Å². The van der Waals surface area contributed by atoms with Crippen molar-refractivity contribution in [2.24, 2.45) is 17.8 Å². The predicted octanol–water partition coefficient (Wildman–Crippen LogP) is 5.53. The van der Waals surface area contributed by atoms with Crippen molar-refractivity contribution in [3.63, 3.8) is 0 Å². The quantitative estimate of drug-likeness (QED) is 0.0936. The third-order valence-electron chi connectivity index (χ3n) is 6.85. The molecule has 238 valence electrons. The molecule has 1 heterocycles. The van der Waals surface area contributed by atoms with E-state index < -0.39 is 41.6 Å². The average molecular weight is 610 g/mol. The fourth-order valence-corrected chi connectivity index (χ4v) is 4.50. The van der Waals surface area contributed by atoms with Crippen molar-refractivity contribution in [3.05, 3.63) is 48.0 Å². The maximum atomic E-state index is 12.8. The van der Waals surface area contributed by atoms with E-state index in [4.69, 9.17) is 18.9 Å². The van der Waals surface area contributed by atoms with Crippen LogP contribution in [0.4, 0.5) is 0 Å². The summed E-state index contributed by atoms with van der Waals surface area (Å²) in [6.07, 6.45) is 0.369. The van der Waals surface area contributed by atoms with Crippen molar-refractivity contribution >= 4 is 34.9 Å². The number of benzene rings is 2. The molecule has 0 saturated carbocycles. The summed E-state index contributed by atoms with van der Waals surface area (Å²) in [5, 5.41) is 8.99. The van der Waals surface area contributed by atoms with Crippen LogP contribution in [0.5, 0.6) is 5.75 Å². The molecule has 0 fully saturated rings. The minimum Gasteiger partial charge on any atom is -0.465 e. The number of nitrogens with zero attached hydrogens (tertiary/aromatic N) is 3. The van der Waals surface area contributed by atoms with Crippen LogP contribution in [0.3, 0.4) is 0 Å². The topological polar surface area (TPSA) is 136 Å². The summed E-state index contributed by atoms with van der Waals surface area (Å²) in [6.45, 7) is 12.2. The summed E-state index contributed by atoms with van der Waals surface area (Å²) in [7, 11) is 0. The highest BCUT2D eigenvalue weighted by Crippen LogP contribution is 2.27. The van der Waals surface area contributed by atoms with Gasteiger partial charge in [-0.1, -0.05) is 32.0 Å². The number of carbonyl (C=O) groups excluding carboxylic acids is 4. The second-order valence-corrected chi connectivity index (χ2v) is 11.6. The molecule has 44 heavy (non-hydrogen) atoms. The van der Waals surface area contributed by atoms with Crippen molar-refractivity contribution in [2.45, 2.75) is 86.4 Å². The zero-order chi connectivity index (χ0) is 32.4. The Hall–Kier alpha value is -4.28. The molecule has 3 atom stereocenters. The lowest BCUT2D eigenvalue weighted by Gasteiger charge is -2.25. The first-order valence-electron chi connectivity index (χ1n) is 15.1. The van der Waals surface area contributed by atoms with Gasteiger partial charge in [0.05, 0.1) is 36.6 Å². The monoisotopic (exact) mass is 609 g/mol. The van der Waals surface area contributed by atoms with E-state index in [2.05, 4.69) is 10.2 Å². The molecule has 0 aliphatic heterocycles. The minimum atomic E-state index is -0.858. The van der Waals surface area contributed by atoms with Crippen LogP contribution in [0, 0.1) is 24.7 Å². The smallest absolute Gasteiger partial charge is 0.311 e. The van der Waals surface area contributed by atoms with Gasteiger partial charge in [0.15, 0.2) is 5.75 Å². The number of rotatable bonds is 15. The van der Waals surface area contributed by atoms with Crippen molar-refractivity contribution in [1.29, 1.82) is 0 Å². The van der Waals surface area contributed by atoms with Gasteiger partial charge in [-0.15, -0.1) is 15.0 Å². The number of hydrogen-bond donors (Lipinski definition) is 0. The van der Waals surface area contributed by atoms with Gasteiger partial charge in [-0.25, -0.2) is 0 Å². The van der Waals surface area contributed by atoms with Gasteiger partial charge in [-0.05, 0) is 83.7 Å². The lowest BCUT2D eigenvalue weighted by Crippen LogP contribution is -2.35. The zero-order valence-corrected chi connectivity index (χ0v) is 26.6. The van der Waals surface area contributed by atoms with E-state index in [1.807, 2.05) is 43.3 Å². The number of aromatic nitrogens is 3. The number of hydrogen-bond acceptors (Lipinski definition) is 10. The third-order valence-corrected chi connectivity index (χ3v) is 6.85. The van der Waals surface area contributed by atoms with Crippen LogP contribution >= 0.6 is 0 Å². The van der Waals surface area contributed by atoms with E-state index in [1.165, 1.54) is 4.80 Å². The molecule has 1 aromatic heterocycles. The summed E-state index contributed by atoms with van der Waals surface area (Å²) in [4.78, 5) is 52.1. The number of aryl methyl sites for hydroxylation is 1. The highest BCUT2D eigenvalue weighted by molar-refractivity contribution is 5.83. The van der Waals surface area contributed by atoms with Gasteiger partial charge < -0.3 is 18.9 Å². The van der Waals surface area contributed by atoms with Crippen LogP contribution < -0.4 is 4.74 Å². The first kappa shape index (κ1) is 34.2. The van der Waals surface area contributed by atoms with E-state index in [-0.39, 0.29) is 31.7 Å². The second kappa shape index (κ2) is 16.0. The molecule has 0 spiro atoms. The van der Waals surface area contributed by atoms with E-state index in [1.54, 1.807) is 47.6 Å². The summed E-state index contributed by atoms with van der Waals surface area (Å²) >= 11 is 0. The van der Waals surface area contributed by atoms with Gasteiger partial charge in [0, 0.05) is 6.42 Å². The maximum Gasteiger partial charge on any atom is 0.311 e. The lowest BCUT2D eigenvalue weighted by atomic mass is 9.85. The molecule has 0 aliphatic carbocycles. The molecule has 0 radical (unpaired) electrons. The molecule has 2 aromatic carbocycles. The summed E-state index contributed by atoms with van der Waals surface area (Å²) in [5.74, 6) is -3.97. The molecule has 0 aliphatic rings. The predicted molar refractivity (Wildman–Crippen MR) is 163 cm³/mol. The van der Waals surface area contributed by atoms with Crippen LogP contribution in [0.25, 0.3) is 16.7 Å². The first-order chi connectivity index (χ1) is 20.8. The summed E-state index contributed by atoms with van der Waals surface area (Å²) in [5.41, 5.74) is 2.97. The fraction of sp³-hybridized carbons (Fsp3) is 0.515. The molecule has 11 heteroatoms. The number of unbranched alkanes of at least 4 members (excludes halogenated alkanes) is 1. The molecule has 3 aromatic rings. The Morgan fingerprint density at radius 2 is 1.41 bits per heavy atom.